The Morgan fingerprint density at radius 1 is 1.00 bits per heavy atom. The maximum atomic E-state index is 12.5. The van der Waals surface area contributed by atoms with E-state index in [9.17, 15) is 18.0 Å². The van der Waals surface area contributed by atoms with Gasteiger partial charge in [0.05, 0.1) is 17.1 Å². The molecule has 9 nitrogen and oxygen atoms in total. The highest BCUT2D eigenvalue weighted by Crippen LogP contribution is 2.25. The molecule has 1 aromatic heterocycles. The van der Waals surface area contributed by atoms with Gasteiger partial charge >= 0.3 is 12.0 Å². The van der Waals surface area contributed by atoms with E-state index < -0.39 is 28.1 Å². The van der Waals surface area contributed by atoms with Crippen molar-refractivity contribution >= 4 is 27.7 Å². The smallest absolute Gasteiger partial charge is 0.321 e. The van der Waals surface area contributed by atoms with Crippen LogP contribution in [0.2, 0.25) is 0 Å². The number of carboxylic acid groups (broad SMARTS) is 1. The number of pyridine rings is 1. The van der Waals surface area contributed by atoms with E-state index in [-0.39, 0.29) is 11.4 Å². The van der Waals surface area contributed by atoms with Crippen molar-refractivity contribution in [2.24, 2.45) is 0 Å². The lowest BCUT2D eigenvalue weighted by Gasteiger charge is -2.12. The number of anilines is 1. The molecule has 0 spiro atoms. The molecule has 1 atom stereocenters. The third-order valence-corrected chi connectivity index (χ3v) is 6.00. The second kappa shape index (κ2) is 10.0. The standard InChI is InChI=1S/C22H22N4O5S/c1-15(21(27)28)26-32(30,31)20-10-5-7-17(13-20)16-6-4-9-18(12-16)25-22(29)24-14-19-8-2-3-11-23-19/h2-13,15,26H,14H2,1H3,(H,27,28)(H2,24,25,29)/t15-/m1/s1. The van der Waals surface area contributed by atoms with E-state index in [0.717, 1.165) is 5.69 Å². The molecule has 4 N–H and O–H groups in total. The molecular weight excluding hydrogens is 432 g/mol. The first kappa shape index (κ1) is 22.9. The van der Waals surface area contributed by atoms with Crippen LogP contribution < -0.4 is 15.4 Å². The molecule has 2 aromatic carbocycles. The molecule has 2 amide bonds. The molecule has 3 aromatic rings. The van der Waals surface area contributed by atoms with Gasteiger partial charge in [-0.3, -0.25) is 9.78 Å². The second-order valence-corrected chi connectivity index (χ2v) is 8.63. The number of aromatic nitrogens is 1. The van der Waals surface area contributed by atoms with Crippen molar-refractivity contribution in [1.29, 1.82) is 0 Å². The molecule has 0 radical (unpaired) electrons. The number of carbonyl (C=O) groups is 2. The van der Waals surface area contributed by atoms with Crippen LogP contribution in [0.1, 0.15) is 12.6 Å². The Hall–Kier alpha value is -3.76. The van der Waals surface area contributed by atoms with Gasteiger partial charge in [0.1, 0.15) is 6.04 Å². The SMILES string of the molecule is C[C@@H](NS(=O)(=O)c1cccc(-c2cccc(NC(=O)NCc3ccccn3)c2)c1)C(=O)O. The molecule has 32 heavy (non-hydrogen) atoms. The lowest BCUT2D eigenvalue weighted by Crippen LogP contribution is -2.38. The number of benzene rings is 2. The molecule has 0 saturated carbocycles. The zero-order chi connectivity index (χ0) is 23.1. The molecular formula is C22H22N4O5S. The maximum Gasteiger partial charge on any atom is 0.321 e. The number of hydrogen-bond donors (Lipinski definition) is 4. The van der Waals surface area contributed by atoms with Gasteiger partial charge in [-0.25, -0.2) is 13.2 Å². The third-order valence-electron chi connectivity index (χ3n) is 4.46. The number of amides is 2. The van der Waals surface area contributed by atoms with Gasteiger partial charge in [-0.2, -0.15) is 4.72 Å². The van der Waals surface area contributed by atoms with Crippen LogP contribution in [0.15, 0.2) is 77.8 Å². The Morgan fingerprint density at radius 3 is 2.41 bits per heavy atom. The van der Waals surface area contributed by atoms with Crippen molar-refractivity contribution in [2.45, 2.75) is 24.4 Å². The van der Waals surface area contributed by atoms with Gasteiger partial charge < -0.3 is 15.7 Å². The Kier molecular flexibility index (Phi) is 7.18. The van der Waals surface area contributed by atoms with E-state index in [0.29, 0.717) is 16.8 Å². The number of aliphatic carboxylic acids is 1. The summed E-state index contributed by atoms with van der Waals surface area (Å²) in [4.78, 5) is 27.2. The summed E-state index contributed by atoms with van der Waals surface area (Å²) < 4.78 is 27.1. The number of urea groups is 1. The predicted molar refractivity (Wildman–Crippen MR) is 119 cm³/mol. The zero-order valence-electron chi connectivity index (χ0n) is 17.1. The highest BCUT2D eigenvalue weighted by atomic mass is 32.2. The molecule has 0 bridgehead atoms. The predicted octanol–water partition coefficient (Wildman–Crippen LogP) is 2.82. The van der Waals surface area contributed by atoms with Crippen LogP contribution in [0.4, 0.5) is 10.5 Å². The monoisotopic (exact) mass is 454 g/mol. The van der Waals surface area contributed by atoms with E-state index in [1.165, 1.54) is 19.1 Å². The minimum absolute atomic E-state index is 0.0606. The molecule has 10 heteroatoms. The van der Waals surface area contributed by atoms with Crippen molar-refractivity contribution in [1.82, 2.24) is 15.0 Å². The Balaban J connectivity index is 1.73. The fourth-order valence-electron chi connectivity index (χ4n) is 2.82. The van der Waals surface area contributed by atoms with Crippen molar-refractivity contribution in [3.05, 3.63) is 78.6 Å². The molecule has 3 rings (SSSR count). The number of carbonyl (C=O) groups excluding carboxylic acids is 1. The van der Waals surface area contributed by atoms with Gasteiger partial charge in [0.15, 0.2) is 0 Å². The molecule has 0 aliphatic heterocycles. The number of nitrogens with zero attached hydrogens (tertiary/aromatic N) is 1. The summed E-state index contributed by atoms with van der Waals surface area (Å²) in [7, 11) is -4.01. The summed E-state index contributed by atoms with van der Waals surface area (Å²) >= 11 is 0. The van der Waals surface area contributed by atoms with Crippen molar-refractivity contribution in [3.63, 3.8) is 0 Å². The maximum absolute atomic E-state index is 12.5. The first-order valence-corrected chi connectivity index (χ1v) is 11.1. The first-order valence-electron chi connectivity index (χ1n) is 9.65. The van der Waals surface area contributed by atoms with E-state index in [4.69, 9.17) is 5.11 Å². The summed E-state index contributed by atoms with van der Waals surface area (Å²) in [6, 6.07) is 16.8. The van der Waals surface area contributed by atoms with E-state index >= 15 is 0 Å². The Bertz CT molecular complexity index is 1220. The third kappa shape index (κ3) is 6.13. The summed E-state index contributed by atoms with van der Waals surface area (Å²) in [5, 5.41) is 14.4. The van der Waals surface area contributed by atoms with Crippen LogP contribution in [0, 0.1) is 0 Å². The number of rotatable bonds is 8. The highest BCUT2D eigenvalue weighted by molar-refractivity contribution is 7.89. The molecule has 0 saturated heterocycles. The average molecular weight is 455 g/mol. The molecule has 0 aliphatic carbocycles. The number of sulfonamides is 1. The van der Waals surface area contributed by atoms with Crippen LogP contribution in [0.5, 0.6) is 0 Å². The van der Waals surface area contributed by atoms with Crippen LogP contribution in [-0.2, 0) is 21.4 Å². The Morgan fingerprint density at radius 2 is 1.72 bits per heavy atom. The second-order valence-electron chi connectivity index (χ2n) is 6.92. The molecule has 0 aliphatic rings. The minimum Gasteiger partial charge on any atom is -0.480 e. The lowest BCUT2D eigenvalue weighted by atomic mass is 10.1. The van der Waals surface area contributed by atoms with E-state index in [1.807, 2.05) is 6.07 Å². The zero-order valence-corrected chi connectivity index (χ0v) is 18.0. The Labute approximate surface area is 185 Å². The summed E-state index contributed by atoms with van der Waals surface area (Å²) in [5.41, 5.74) is 2.51. The average Bonchev–Trinajstić information content (AvgIpc) is 2.78. The fraction of sp³-hybridized carbons (Fsp3) is 0.136. The van der Waals surface area contributed by atoms with Gasteiger partial charge in [0.2, 0.25) is 10.0 Å². The first-order chi connectivity index (χ1) is 15.2. The van der Waals surface area contributed by atoms with Crippen molar-refractivity contribution in [3.8, 4) is 11.1 Å². The van der Waals surface area contributed by atoms with Gasteiger partial charge in [-0.15, -0.1) is 0 Å². The van der Waals surface area contributed by atoms with Crippen LogP contribution in [0.3, 0.4) is 0 Å². The van der Waals surface area contributed by atoms with Gasteiger partial charge in [-0.05, 0) is 54.4 Å². The van der Waals surface area contributed by atoms with Gasteiger partial charge in [0, 0.05) is 11.9 Å². The number of carboxylic acids is 1. The fourth-order valence-corrected chi connectivity index (χ4v) is 4.06. The summed E-state index contributed by atoms with van der Waals surface area (Å²) in [6.45, 7) is 1.52. The quantitative estimate of drug-likeness (QED) is 0.413. The number of hydrogen-bond acceptors (Lipinski definition) is 5. The van der Waals surface area contributed by atoms with E-state index in [2.05, 4.69) is 20.3 Å². The molecule has 0 fully saturated rings. The van der Waals surface area contributed by atoms with Gasteiger partial charge in [0.25, 0.3) is 0 Å². The minimum atomic E-state index is -4.01. The lowest BCUT2D eigenvalue weighted by molar-refractivity contribution is -0.138. The van der Waals surface area contributed by atoms with Crippen LogP contribution in [-0.4, -0.2) is 36.6 Å². The largest absolute Gasteiger partial charge is 0.480 e. The summed E-state index contributed by atoms with van der Waals surface area (Å²) in [5.74, 6) is -1.27. The molecule has 166 valence electrons. The normalized spacial score (nSPS) is 12.0. The van der Waals surface area contributed by atoms with Crippen LogP contribution in [0.25, 0.3) is 11.1 Å². The molecule has 1 heterocycles. The highest BCUT2D eigenvalue weighted by Gasteiger charge is 2.21. The van der Waals surface area contributed by atoms with Crippen LogP contribution >= 0.6 is 0 Å². The van der Waals surface area contributed by atoms with E-state index in [1.54, 1.807) is 54.7 Å². The van der Waals surface area contributed by atoms with Crippen molar-refractivity contribution in [2.75, 3.05) is 5.32 Å². The number of nitrogens with one attached hydrogen (secondary N) is 3. The topological polar surface area (TPSA) is 137 Å². The van der Waals surface area contributed by atoms with Gasteiger partial charge in [-0.1, -0.05) is 30.3 Å². The molecule has 0 unspecified atom stereocenters. The summed E-state index contributed by atoms with van der Waals surface area (Å²) in [6.07, 6.45) is 1.64. The van der Waals surface area contributed by atoms with Crippen molar-refractivity contribution < 1.29 is 23.1 Å².